The molecule has 0 aliphatic rings. The van der Waals surface area contributed by atoms with Gasteiger partial charge in [-0.05, 0) is 19.8 Å². The highest BCUT2D eigenvalue weighted by Gasteiger charge is 2.16. The molecule has 1 unspecified atom stereocenters. The molecule has 1 rings (SSSR count). The quantitative estimate of drug-likeness (QED) is 0.728. The van der Waals surface area contributed by atoms with Gasteiger partial charge in [0.2, 0.25) is 0 Å². The Morgan fingerprint density at radius 1 is 1.47 bits per heavy atom. The molecule has 1 aromatic rings. The van der Waals surface area contributed by atoms with Crippen molar-refractivity contribution in [3.05, 3.63) is 10.6 Å². The molecule has 0 spiro atoms. The van der Waals surface area contributed by atoms with Gasteiger partial charge in [0, 0.05) is 20.0 Å². The Balaban J connectivity index is 2.89. The zero-order valence-electron chi connectivity index (χ0n) is 11.4. The largest absolute Gasteiger partial charge is 0.348 e. The van der Waals surface area contributed by atoms with Crippen LogP contribution in [-0.2, 0) is 0 Å². The molecular formula is C13H22N2OS. The van der Waals surface area contributed by atoms with Crippen molar-refractivity contribution in [2.75, 3.05) is 18.0 Å². The van der Waals surface area contributed by atoms with Crippen molar-refractivity contribution in [3.63, 3.8) is 0 Å². The number of Topliss-reactive ketones (excluding diaryl/α,β-unsaturated/α-hetero) is 1. The lowest BCUT2D eigenvalue weighted by Crippen LogP contribution is -2.27. The highest BCUT2D eigenvalue weighted by atomic mass is 32.1. The minimum absolute atomic E-state index is 0.117. The molecule has 4 heteroatoms. The van der Waals surface area contributed by atoms with E-state index in [-0.39, 0.29) is 5.78 Å². The van der Waals surface area contributed by atoms with Crippen LogP contribution in [0.4, 0.5) is 5.13 Å². The van der Waals surface area contributed by atoms with E-state index in [9.17, 15) is 4.79 Å². The molecule has 0 bridgehead atoms. The van der Waals surface area contributed by atoms with Crippen molar-refractivity contribution in [2.45, 2.75) is 41.0 Å². The summed E-state index contributed by atoms with van der Waals surface area (Å²) in [4.78, 5) is 19.0. The predicted molar refractivity (Wildman–Crippen MR) is 74.2 cm³/mol. The van der Waals surface area contributed by atoms with Crippen LogP contribution in [0.5, 0.6) is 0 Å². The van der Waals surface area contributed by atoms with Gasteiger partial charge < -0.3 is 4.90 Å². The SMILES string of the molecule is CCC(C)CN(CC)c1nc(C)c(C(C)=O)s1. The van der Waals surface area contributed by atoms with Gasteiger partial charge in [-0.3, -0.25) is 4.79 Å². The van der Waals surface area contributed by atoms with Gasteiger partial charge in [-0.25, -0.2) is 4.98 Å². The fourth-order valence-electron chi connectivity index (χ4n) is 1.69. The Labute approximate surface area is 108 Å². The first-order chi connectivity index (χ1) is 7.99. The number of aromatic nitrogens is 1. The highest BCUT2D eigenvalue weighted by molar-refractivity contribution is 7.17. The van der Waals surface area contributed by atoms with Gasteiger partial charge in [-0.15, -0.1) is 0 Å². The van der Waals surface area contributed by atoms with Crippen LogP contribution in [0.3, 0.4) is 0 Å². The van der Waals surface area contributed by atoms with Gasteiger partial charge in [-0.2, -0.15) is 0 Å². The number of ketones is 1. The average molecular weight is 254 g/mol. The van der Waals surface area contributed by atoms with E-state index in [2.05, 4.69) is 30.7 Å². The van der Waals surface area contributed by atoms with E-state index in [4.69, 9.17) is 0 Å². The van der Waals surface area contributed by atoms with E-state index >= 15 is 0 Å². The Hall–Kier alpha value is -0.900. The molecule has 1 heterocycles. The summed E-state index contributed by atoms with van der Waals surface area (Å²) in [5.41, 5.74) is 0.861. The predicted octanol–water partition coefficient (Wildman–Crippen LogP) is 3.53. The summed E-state index contributed by atoms with van der Waals surface area (Å²) in [6.07, 6.45) is 1.17. The summed E-state index contributed by atoms with van der Waals surface area (Å²) in [6, 6.07) is 0. The standard InChI is InChI=1S/C13H22N2OS/c1-6-9(3)8-15(7-2)13-14-10(4)12(17-13)11(5)16/h9H,6-8H2,1-5H3. The summed E-state index contributed by atoms with van der Waals surface area (Å²) >= 11 is 1.52. The maximum atomic E-state index is 11.4. The lowest BCUT2D eigenvalue weighted by atomic mass is 10.1. The summed E-state index contributed by atoms with van der Waals surface area (Å²) in [6.45, 7) is 12.0. The van der Waals surface area contributed by atoms with Gasteiger partial charge >= 0.3 is 0 Å². The molecule has 3 nitrogen and oxygen atoms in total. The van der Waals surface area contributed by atoms with Gasteiger partial charge in [0.05, 0.1) is 10.6 Å². The van der Waals surface area contributed by atoms with E-state index in [0.29, 0.717) is 5.92 Å². The number of carbonyl (C=O) groups excluding carboxylic acids is 1. The first-order valence-electron chi connectivity index (χ1n) is 6.22. The first-order valence-corrected chi connectivity index (χ1v) is 7.04. The Morgan fingerprint density at radius 3 is 2.53 bits per heavy atom. The topological polar surface area (TPSA) is 33.2 Å². The van der Waals surface area contributed by atoms with Crippen LogP contribution in [0.15, 0.2) is 0 Å². The molecule has 0 saturated heterocycles. The second kappa shape index (κ2) is 6.15. The van der Waals surface area contributed by atoms with Crippen LogP contribution in [0.1, 0.15) is 49.5 Å². The summed E-state index contributed by atoms with van der Waals surface area (Å²) in [5.74, 6) is 0.769. The van der Waals surface area contributed by atoms with Crippen LogP contribution < -0.4 is 4.90 Å². The molecule has 1 aromatic heterocycles. The molecule has 0 fully saturated rings. The highest BCUT2D eigenvalue weighted by Crippen LogP contribution is 2.27. The minimum atomic E-state index is 0.117. The maximum absolute atomic E-state index is 11.4. The van der Waals surface area contributed by atoms with Crippen molar-refractivity contribution in [1.29, 1.82) is 0 Å². The van der Waals surface area contributed by atoms with Crippen molar-refractivity contribution in [3.8, 4) is 0 Å². The lowest BCUT2D eigenvalue weighted by molar-refractivity contribution is 0.102. The summed E-state index contributed by atoms with van der Waals surface area (Å²) in [7, 11) is 0. The monoisotopic (exact) mass is 254 g/mol. The molecule has 17 heavy (non-hydrogen) atoms. The Kier molecular flexibility index (Phi) is 5.12. The Bertz CT molecular complexity index is 387. The second-order valence-corrected chi connectivity index (χ2v) is 5.50. The second-order valence-electron chi connectivity index (χ2n) is 4.52. The van der Waals surface area contributed by atoms with Crippen LogP contribution in [-0.4, -0.2) is 23.9 Å². The van der Waals surface area contributed by atoms with E-state index in [1.807, 2.05) is 6.92 Å². The Morgan fingerprint density at radius 2 is 2.12 bits per heavy atom. The van der Waals surface area contributed by atoms with Crippen LogP contribution in [0, 0.1) is 12.8 Å². The third kappa shape index (κ3) is 3.53. The van der Waals surface area contributed by atoms with E-state index in [1.165, 1.54) is 17.8 Å². The fourth-order valence-corrected chi connectivity index (χ4v) is 2.73. The maximum Gasteiger partial charge on any atom is 0.186 e. The van der Waals surface area contributed by atoms with Crippen molar-refractivity contribution in [2.24, 2.45) is 5.92 Å². The average Bonchev–Trinajstić information content (AvgIpc) is 2.67. The number of anilines is 1. The zero-order valence-corrected chi connectivity index (χ0v) is 12.2. The van der Waals surface area contributed by atoms with E-state index in [1.54, 1.807) is 6.92 Å². The third-order valence-corrected chi connectivity index (χ3v) is 4.31. The van der Waals surface area contributed by atoms with Crippen molar-refractivity contribution in [1.82, 2.24) is 4.98 Å². The van der Waals surface area contributed by atoms with Crippen LogP contribution in [0.25, 0.3) is 0 Å². The molecule has 0 radical (unpaired) electrons. The molecule has 0 aromatic carbocycles. The van der Waals surface area contributed by atoms with Gasteiger partial charge in [0.15, 0.2) is 10.9 Å². The number of carbonyl (C=O) groups is 1. The normalized spacial score (nSPS) is 12.5. The third-order valence-electron chi connectivity index (χ3n) is 2.99. The number of hydrogen-bond acceptors (Lipinski definition) is 4. The van der Waals surface area contributed by atoms with Gasteiger partial charge in [-0.1, -0.05) is 31.6 Å². The van der Waals surface area contributed by atoms with Crippen LogP contribution >= 0.6 is 11.3 Å². The minimum Gasteiger partial charge on any atom is -0.348 e. The summed E-state index contributed by atoms with van der Waals surface area (Å²) in [5, 5.41) is 0.982. The molecule has 0 amide bonds. The molecule has 0 saturated carbocycles. The number of aryl methyl sites for hydroxylation is 1. The number of rotatable bonds is 6. The van der Waals surface area contributed by atoms with E-state index in [0.717, 1.165) is 28.8 Å². The number of nitrogens with zero attached hydrogens (tertiary/aromatic N) is 2. The van der Waals surface area contributed by atoms with Crippen LogP contribution in [0.2, 0.25) is 0 Å². The zero-order chi connectivity index (χ0) is 13.0. The van der Waals surface area contributed by atoms with Gasteiger partial charge in [0.25, 0.3) is 0 Å². The molecule has 0 aliphatic heterocycles. The lowest BCUT2D eigenvalue weighted by Gasteiger charge is -2.23. The van der Waals surface area contributed by atoms with Crippen molar-refractivity contribution >= 4 is 22.3 Å². The smallest absolute Gasteiger partial charge is 0.186 e. The summed E-state index contributed by atoms with van der Waals surface area (Å²) < 4.78 is 0. The van der Waals surface area contributed by atoms with Gasteiger partial charge in [0.1, 0.15) is 0 Å². The van der Waals surface area contributed by atoms with Crippen molar-refractivity contribution < 1.29 is 4.79 Å². The molecular weight excluding hydrogens is 232 g/mol. The first kappa shape index (κ1) is 14.2. The number of thiazole rings is 1. The molecule has 0 N–H and O–H groups in total. The molecule has 0 aliphatic carbocycles. The van der Waals surface area contributed by atoms with E-state index < -0.39 is 0 Å². The number of hydrogen-bond donors (Lipinski definition) is 0. The molecule has 1 atom stereocenters. The fraction of sp³-hybridized carbons (Fsp3) is 0.692. The molecule has 96 valence electrons.